The Hall–Kier alpha value is -2.24. The van der Waals surface area contributed by atoms with Crippen LogP contribution in [0.1, 0.15) is 56.2 Å². The predicted octanol–water partition coefficient (Wildman–Crippen LogP) is 3.17. The molecule has 0 spiro atoms. The van der Waals surface area contributed by atoms with Gasteiger partial charge in [-0.15, -0.1) is 0 Å². The maximum atomic E-state index is 4.71. The normalized spacial score (nSPS) is 20.8. The highest BCUT2D eigenvalue weighted by Gasteiger charge is 2.36. The molecule has 0 amide bonds. The van der Waals surface area contributed by atoms with Crippen LogP contribution >= 0.6 is 0 Å². The molecule has 1 saturated carbocycles. The second-order valence-electron chi connectivity index (χ2n) is 8.11. The lowest BCUT2D eigenvalue weighted by molar-refractivity contribution is 0.456. The van der Waals surface area contributed by atoms with Crippen LogP contribution < -0.4 is 9.80 Å². The molecule has 2 aromatic heterocycles. The van der Waals surface area contributed by atoms with Crippen LogP contribution in [0.15, 0.2) is 24.9 Å². The molecule has 6 nitrogen and oxygen atoms in total. The van der Waals surface area contributed by atoms with Crippen LogP contribution in [0.25, 0.3) is 0 Å². The van der Waals surface area contributed by atoms with Gasteiger partial charge in [0.25, 0.3) is 0 Å². The Kier molecular flexibility index (Phi) is 4.64. The second kappa shape index (κ2) is 7.41. The SMILES string of the molecule is c1cc(N(C2CC2)C2CCN(c3ncnc4c3CCCCC4)CC2)ncn1. The second-order valence-corrected chi connectivity index (χ2v) is 8.11. The molecular weight excluding hydrogens is 336 g/mol. The smallest absolute Gasteiger partial charge is 0.135 e. The van der Waals surface area contributed by atoms with Crippen molar-refractivity contribution in [2.45, 2.75) is 69.9 Å². The number of aromatic nitrogens is 4. The van der Waals surface area contributed by atoms with E-state index in [0.29, 0.717) is 12.1 Å². The molecule has 1 saturated heterocycles. The van der Waals surface area contributed by atoms with Crippen LogP contribution in [0.3, 0.4) is 0 Å². The highest BCUT2D eigenvalue weighted by Crippen LogP contribution is 2.36. The zero-order valence-corrected chi connectivity index (χ0v) is 15.9. The lowest BCUT2D eigenvalue weighted by Crippen LogP contribution is -2.47. The van der Waals surface area contributed by atoms with Crippen LogP contribution in [0.5, 0.6) is 0 Å². The molecule has 0 radical (unpaired) electrons. The van der Waals surface area contributed by atoms with Gasteiger partial charge in [-0.2, -0.15) is 0 Å². The van der Waals surface area contributed by atoms with E-state index < -0.39 is 0 Å². The number of hydrogen-bond acceptors (Lipinski definition) is 6. The summed E-state index contributed by atoms with van der Waals surface area (Å²) in [5.74, 6) is 2.31. The Labute approximate surface area is 161 Å². The van der Waals surface area contributed by atoms with Gasteiger partial charge in [0.05, 0.1) is 0 Å². The van der Waals surface area contributed by atoms with Crippen molar-refractivity contribution in [3.63, 3.8) is 0 Å². The maximum Gasteiger partial charge on any atom is 0.135 e. The number of fused-ring (bicyclic) bond motifs is 1. The minimum atomic E-state index is 0.573. The average molecular weight is 364 g/mol. The van der Waals surface area contributed by atoms with E-state index in [1.165, 1.54) is 62.0 Å². The standard InChI is InChI=1S/C21H28N6/c1-2-4-18-19(5-3-1)23-15-25-21(18)26-12-9-17(10-13-26)27(16-6-7-16)20-8-11-22-14-24-20/h8,11,14-17H,1-7,9-10,12-13H2. The van der Waals surface area contributed by atoms with Gasteiger partial charge in [0.1, 0.15) is 24.3 Å². The number of aryl methyl sites for hydroxylation is 1. The summed E-state index contributed by atoms with van der Waals surface area (Å²) in [7, 11) is 0. The largest absolute Gasteiger partial charge is 0.356 e. The Morgan fingerprint density at radius 2 is 1.67 bits per heavy atom. The molecule has 3 heterocycles. The summed E-state index contributed by atoms with van der Waals surface area (Å²) in [6, 6.07) is 3.31. The summed E-state index contributed by atoms with van der Waals surface area (Å²) >= 11 is 0. The van der Waals surface area contributed by atoms with Crippen molar-refractivity contribution in [1.29, 1.82) is 0 Å². The summed E-state index contributed by atoms with van der Waals surface area (Å²) in [5, 5.41) is 0. The summed E-state index contributed by atoms with van der Waals surface area (Å²) in [6.07, 6.45) is 16.3. The van der Waals surface area contributed by atoms with E-state index >= 15 is 0 Å². The van der Waals surface area contributed by atoms with Gasteiger partial charge >= 0.3 is 0 Å². The van der Waals surface area contributed by atoms with Gasteiger partial charge in [-0.05, 0) is 57.4 Å². The molecule has 2 fully saturated rings. The Morgan fingerprint density at radius 1 is 0.852 bits per heavy atom. The van der Waals surface area contributed by atoms with Crippen molar-refractivity contribution in [3.8, 4) is 0 Å². The lowest BCUT2D eigenvalue weighted by atomic mass is 10.0. The van der Waals surface area contributed by atoms with Crippen LogP contribution in [-0.4, -0.2) is 45.1 Å². The molecule has 0 N–H and O–H groups in total. The van der Waals surface area contributed by atoms with E-state index in [1.807, 2.05) is 6.20 Å². The van der Waals surface area contributed by atoms with Gasteiger partial charge in [0, 0.05) is 42.6 Å². The molecule has 2 aliphatic carbocycles. The molecule has 6 heteroatoms. The van der Waals surface area contributed by atoms with E-state index in [9.17, 15) is 0 Å². The third-order valence-electron chi connectivity index (χ3n) is 6.28. The monoisotopic (exact) mass is 364 g/mol. The first-order valence-corrected chi connectivity index (χ1v) is 10.5. The lowest BCUT2D eigenvalue weighted by Gasteiger charge is -2.40. The van der Waals surface area contributed by atoms with Crippen LogP contribution in [0, 0.1) is 0 Å². The summed E-state index contributed by atoms with van der Waals surface area (Å²) in [6.45, 7) is 2.14. The molecule has 0 bridgehead atoms. The number of hydrogen-bond donors (Lipinski definition) is 0. The highest BCUT2D eigenvalue weighted by atomic mass is 15.3. The Balaban J connectivity index is 1.32. The first kappa shape index (κ1) is 16.9. The van der Waals surface area contributed by atoms with Crippen molar-refractivity contribution in [3.05, 3.63) is 36.2 Å². The number of rotatable bonds is 4. The maximum absolute atomic E-state index is 4.71. The molecule has 142 valence electrons. The van der Waals surface area contributed by atoms with Crippen LogP contribution in [0.2, 0.25) is 0 Å². The summed E-state index contributed by atoms with van der Waals surface area (Å²) < 4.78 is 0. The van der Waals surface area contributed by atoms with E-state index in [2.05, 4.69) is 30.8 Å². The van der Waals surface area contributed by atoms with Crippen molar-refractivity contribution in [1.82, 2.24) is 19.9 Å². The van der Waals surface area contributed by atoms with Gasteiger partial charge in [0.15, 0.2) is 0 Å². The fourth-order valence-corrected chi connectivity index (χ4v) is 4.77. The van der Waals surface area contributed by atoms with E-state index in [0.717, 1.165) is 31.7 Å². The van der Waals surface area contributed by atoms with Crippen molar-refractivity contribution >= 4 is 11.6 Å². The van der Waals surface area contributed by atoms with Gasteiger partial charge in [-0.3, -0.25) is 0 Å². The third kappa shape index (κ3) is 3.49. The van der Waals surface area contributed by atoms with E-state index in [4.69, 9.17) is 4.98 Å². The van der Waals surface area contributed by atoms with Crippen molar-refractivity contribution in [2.24, 2.45) is 0 Å². The molecular formula is C21H28N6. The third-order valence-corrected chi connectivity index (χ3v) is 6.28. The zero-order valence-electron chi connectivity index (χ0n) is 15.9. The fraction of sp³-hybridized carbons (Fsp3) is 0.619. The predicted molar refractivity (Wildman–Crippen MR) is 106 cm³/mol. The fourth-order valence-electron chi connectivity index (χ4n) is 4.77. The summed E-state index contributed by atoms with van der Waals surface area (Å²) in [4.78, 5) is 23.0. The average Bonchev–Trinajstić information content (AvgIpc) is 3.56. The van der Waals surface area contributed by atoms with Crippen molar-refractivity contribution in [2.75, 3.05) is 22.9 Å². The minimum Gasteiger partial charge on any atom is -0.356 e. The Bertz CT molecular complexity index is 767. The number of anilines is 2. The zero-order chi connectivity index (χ0) is 18.1. The van der Waals surface area contributed by atoms with Gasteiger partial charge < -0.3 is 9.80 Å². The summed E-state index contributed by atoms with van der Waals surface area (Å²) in [5.41, 5.74) is 2.71. The van der Waals surface area contributed by atoms with Gasteiger partial charge in [-0.1, -0.05) is 6.42 Å². The molecule has 0 unspecified atom stereocenters. The Morgan fingerprint density at radius 3 is 2.44 bits per heavy atom. The minimum absolute atomic E-state index is 0.573. The molecule has 5 rings (SSSR count). The molecule has 3 aliphatic rings. The molecule has 0 aromatic carbocycles. The van der Waals surface area contributed by atoms with Gasteiger partial charge in [-0.25, -0.2) is 19.9 Å². The molecule has 2 aromatic rings. The first-order chi connectivity index (χ1) is 13.4. The molecule has 1 aliphatic heterocycles. The topological polar surface area (TPSA) is 58.0 Å². The quantitative estimate of drug-likeness (QED) is 0.777. The first-order valence-electron chi connectivity index (χ1n) is 10.5. The molecule has 0 atom stereocenters. The van der Waals surface area contributed by atoms with E-state index in [-0.39, 0.29) is 0 Å². The number of piperidine rings is 1. The highest BCUT2D eigenvalue weighted by molar-refractivity contribution is 5.50. The van der Waals surface area contributed by atoms with Gasteiger partial charge in [0.2, 0.25) is 0 Å². The van der Waals surface area contributed by atoms with Crippen LogP contribution in [-0.2, 0) is 12.8 Å². The molecule has 27 heavy (non-hydrogen) atoms. The van der Waals surface area contributed by atoms with E-state index in [1.54, 1.807) is 12.7 Å². The van der Waals surface area contributed by atoms with Crippen LogP contribution in [0.4, 0.5) is 11.6 Å². The number of nitrogens with zero attached hydrogens (tertiary/aromatic N) is 6. The van der Waals surface area contributed by atoms with Crippen molar-refractivity contribution < 1.29 is 0 Å².